The molecule has 1 aliphatic heterocycles. The van der Waals surface area contributed by atoms with Gasteiger partial charge in [-0.3, -0.25) is 4.79 Å². The van der Waals surface area contributed by atoms with Crippen LogP contribution in [0.3, 0.4) is 0 Å². The van der Waals surface area contributed by atoms with Gasteiger partial charge in [-0.15, -0.1) is 11.8 Å². The van der Waals surface area contributed by atoms with E-state index < -0.39 is 6.04 Å². The Morgan fingerprint density at radius 1 is 1.63 bits per heavy atom. The molecule has 19 heavy (non-hydrogen) atoms. The van der Waals surface area contributed by atoms with Crippen LogP contribution in [0.1, 0.15) is 37.8 Å². The van der Waals surface area contributed by atoms with E-state index in [1.165, 1.54) is 4.90 Å². The molecule has 5 heteroatoms. The van der Waals surface area contributed by atoms with Crippen LogP contribution in [0.4, 0.5) is 0 Å². The Bertz CT molecular complexity index is 467. The zero-order chi connectivity index (χ0) is 13.8. The largest absolute Gasteiger partial charge is 0.348 e. The lowest BCUT2D eigenvalue weighted by atomic mass is 10.0. The highest BCUT2D eigenvalue weighted by atomic mass is 35.5. The highest BCUT2D eigenvalue weighted by molar-refractivity contribution is 7.99. The Morgan fingerprint density at radius 3 is 3.16 bits per heavy atom. The van der Waals surface area contributed by atoms with E-state index in [0.29, 0.717) is 5.02 Å². The summed E-state index contributed by atoms with van der Waals surface area (Å²) >= 11 is 7.85. The predicted octanol–water partition coefficient (Wildman–Crippen LogP) is 3.12. The van der Waals surface area contributed by atoms with E-state index in [-0.39, 0.29) is 11.9 Å². The first-order chi connectivity index (χ1) is 9.11. The number of hydrogen-bond donors (Lipinski definition) is 2. The van der Waals surface area contributed by atoms with Gasteiger partial charge in [0.15, 0.2) is 0 Å². The molecule has 2 atom stereocenters. The minimum Gasteiger partial charge on any atom is -0.348 e. The molecule has 0 radical (unpaired) electrons. The third-order valence-corrected chi connectivity index (χ3v) is 4.62. The highest BCUT2D eigenvalue weighted by Gasteiger charge is 2.24. The van der Waals surface area contributed by atoms with Crippen molar-refractivity contribution >= 4 is 29.3 Å². The lowest BCUT2D eigenvalue weighted by molar-refractivity contribution is -0.123. The van der Waals surface area contributed by atoms with Gasteiger partial charge in [0.05, 0.1) is 12.1 Å². The van der Waals surface area contributed by atoms with Crippen LogP contribution < -0.4 is 11.1 Å². The number of nitrogens with one attached hydrogen (secondary N) is 1. The Labute approximate surface area is 123 Å². The molecule has 2 rings (SSSR count). The molecular formula is C14H19ClN2OS. The number of carbonyl (C=O) groups is 1. The molecular weight excluding hydrogens is 280 g/mol. The Hall–Kier alpha value is -0.710. The number of benzene rings is 1. The number of rotatable bonds is 4. The van der Waals surface area contributed by atoms with Gasteiger partial charge in [0.1, 0.15) is 0 Å². The predicted molar refractivity (Wildman–Crippen MR) is 80.6 cm³/mol. The van der Waals surface area contributed by atoms with Crippen LogP contribution in [0.15, 0.2) is 23.1 Å². The number of hydrogen-bond acceptors (Lipinski definition) is 3. The summed E-state index contributed by atoms with van der Waals surface area (Å²) in [5.74, 6) is 0.937. The third-order valence-electron chi connectivity index (χ3n) is 3.26. The molecule has 2 unspecified atom stereocenters. The van der Waals surface area contributed by atoms with Gasteiger partial charge in [0.25, 0.3) is 0 Å². The number of nitrogens with two attached hydrogens (primary N) is 1. The summed E-state index contributed by atoms with van der Waals surface area (Å²) < 4.78 is 0. The van der Waals surface area contributed by atoms with Crippen molar-refractivity contribution in [1.29, 1.82) is 0 Å². The molecule has 1 aromatic rings. The van der Waals surface area contributed by atoms with Crippen LogP contribution in [0.2, 0.25) is 5.02 Å². The third kappa shape index (κ3) is 3.65. The minimum absolute atomic E-state index is 0.0327. The Morgan fingerprint density at radius 2 is 2.42 bits per heavy atom. The topological polar surface area (TPSA) is 55.1 Å². The number of amides is 1. The van der Waals surface area contributed by atoms with Crippen molar-refractivity contribution in [3.63, 3.8) is 0 Å². The first kappa shape index (κ1) is 14.7. The molecule has 104 valence electrons. The minimum atomic E-state index is -0.415. The number of thioether (sulfide) groups is 1. The smallest absolute Gasteiger partial charge is 0.237 e. The molecule has 0 saturated heterocycles. The van der Waals surface area contributed by atoms with Crippen LogP contribution in [-0.2, 0) is 4.79 Å². The molecule has 0 fully saturated rings. The lowest BCUT2D eigenvalue weighted by Gasteiger charge is -2.27. The normalized spacial score (nSPS) is 19.6. The second-order valence-corrected chi connectivity index (χ2v) is 6.35. The Kier molecular flexibility index (Phi) is 5.13. The number of carbonyl (C=O) groups excluding carboxylic acids is 1. The monoisotopic (exact) mass is 298 g/mol. The molecule has 1 heterocycles. The Balaban J connectivity index is 2.11. The molecule has 3 N–H and O–H groups in total. The summed E-state index contributed by atoms with van der Waals surface area (Å²) in [5, 5.41) is 3.76. The van der Waals surface area contributed by atoms with E-state index in [2.05, 4.69) is 5.32 Å². The fraction of sp³-hybridized carbons (Fsp3) is 0.500. The molecule has 1 aliphatic rings. The van der Waals surface area contributed by atoms with E-state index >= 15 is 0 Å². The van der Waals surface area contributed by atoms with E-state index in [0.717, 1.165) is 30.6 Å². The second kappa shape index (κ2) is 6.64. The van der Waals surface area contributed by atoms with E-state index in [1.807, 2.05) is 25.1 Å². The average molecular weight is 299 g/mol. The van der Waals surface area contributed by atoms with Gasteiger partial charge >= 0.3 is 0 Å². The van der Waals surface area contributed by atoms with Crippen molar-refractivity contribution in [2.45, 2.75) is 43.2 Å². The summed E-state index contributed by atoms with van der Waals surface area (Å²) in [5.41, 5.74) is 6.96. The van der Waals surface area contributed by atoms with Crippen molar-refractivity contribution in [2.75, 3.05) is 5.75 Å². The molecule has 0 aliphatic carbocycles. The highest BCUT2D eigenvalue weighted by Crippen LogP contribution is 2.37. The summed E-state index contributed by atoms with van der Waals surface area (Å²) in [6, 6.07) is 5.47. The van der Waals surface area contributed by atoms with E-state index in [9.17, 15) is 4.79 Å². The molecule has 1 aromatic carbocycles. The summed E-state index contributed by atoms with van der Waals surface area (Å²) in [7, 11) is 0. The maximum Gasteiger partial charge on any atom is 0.237 e. The fourth-order valence-corrected chi connectivity index (χ4v) is 3.52. The first-order valence-electron chi connectivity index (χ1n) is 6.60. The van der Waals surface area contributed by atoms with Crippen molar-refractivity contribution in [3.8, 4) is 0 Å². The van der Waals surface area contributed by atoms with Gasteiger partial charge < -0.3 is 11.1 Å². The lowest BCUT2D eigenvalue weighted by Crippen LogP contribution is -2.42. The molecule has 0 bridgehead atoms. The van der Waals surface area contributed by atoms with Crippen molar-refractivity contribution < 1.29 is 4.79 Å². The number of halogens is 1. The average Bonchev–Trinajstić information content (AvgIpc) is 2.39. The molecule has 0 aromatic heterocycles. The zero-order valence-electron chi connectivity index (χ0n) is 11.0. The van der Waals surface area contributed by atoms with E-state index in [1.54, 1.807) is 11.8 Å². The molecule has 0 saturated carbocycles. The zero-order valence-corrected chi connectivity index (χ0v) is 12.6. The van der Waals surface area contributed by atoms with Gasteiger partial charge in [-0.05, 0) is 36.6 Å². The van der Waals surface area contributed by atoms with Gasteiger partial charge in [-0.1, -0.05) is 24.9 Å². The van der Waals surface area contributed by atoms with Crippen LogP contribution in [0, 0.1) is 0 Å². The summed E-state index contributed by atoms with van der Waals surface area (Å²) in [6.07, 6.45) is 2.55. The molecule has 3 nitrogen and oxygen atoms in total. The van der Waals surface area contributed by atoms with Gasteiger partial charge in [0.2, 0.25) is 5.91 Å². The maximum atomic E-state index is 12.0. The van der Waals surface area contributed by atoms with E-state index in [4.69, 9.17) is 17.3 Å². The van der Waals surface area contributed by atoms with Crippen LogP contribution in [-0.4, -0.2) is 17.7 Å². The summed E-state index contributed by atoms with van der Waals surface area (Å²) in [4.78, 5) is 13.2. The van der Waals surface area contributed by atoms with Crippen LogP contribution in [0.25, 0.3) is 0 Å². The maximum absolute atomic E-state index is 12.0. The van der Waals surface area contributed by atoms with Crippen molar-refractivity contribution in [2.24, 2.45) is 5.73 Å². The first-order valence-corrected chi connectivity index (χ1v) is 7.96. The van der Waals surface area contributed by atoms with Crippen molar-refractivity contribution in [1.82, 2.24) is 5.32 Å². The standard InChI is InChI=1S/C14H19ClN2OS/c1-2-3-11(16)14(18)17-12-6-7-19-13-5-4-9(15)8-10(12)13/h4-5,8,11-12H,2-3,6-7,16H2,1H3,(H,17,18). The SMILES string of the molecule is CCCC(N)C(=O)NC1CCSc2ccc(Cl)cc21. The van der Waals surface area contributed by atoms with Gasteiger partial charge in [-0.25, -0.2) is 0 Å². The molecule has 1 amide bonds. The van der Waals surface area contributed by atoms with Gasteiger partial charge in [0, 0.05) is 15.7 Å². The molecule has 0 spiro atoms. The number of fused-ring (bicyclic) bond motifs is 1. The second-order valence-electron chi connectivity index (χ2n) is 4.78. The van der Waals surface area contributed by atoms with Gasteiger partial charge in [-0.2, -0.15) is 0 Å². The fourth-order valence-electron chi connectivity index (χ4n) is 2.24. The van der Waals surface area contributed by atoms with Crippen LogP contribution >= 0.6 is 23.4 Å². The van der Waals surface area contributed by atoms with Crippen molar-refractivity contribution in [3.05, 3.63) is 28.8 Å². The summed E-state index contributed by atoms with van der Waals surface area (Å²) in [6.45, 7) is 2.03. The quantitative estimate of drug-likeness (QED) is 0.898. The van der Waals surface area contributed by atoms with Crippen LogP contribution in [0.5, 0.6) is 0 Å².